The number of aryl methyl sites for hydroxylation is 2. The first-order valence-corrected chi connectivity index (χ1v) is 9.25. The zero-order valence-electron chi connectivity index (χ0n) is 17.3. The molecule has 156 valence electrons. The van der Waals surface area contributed by atoms with Crippen LogP contribution in [0.2, 0.25) is 0 Å². The molecule has 9 heteroatoms. The van der Waals surface area contributed by atoms with Gasteiger partial charge in [-0.3, -0.25) is 14.6 Å². The average Bonchev–Trinajstić information content (AvgIpc) is 3.33. The summed E-state index contributed by atoms with van der Waals surface area (Å²) in [4.78, 5) is 26.0. The number of hydrogen-bond donors (Lipinski definition) is 0. The Balaban J connectivity index is 1.82. The lowest BCUT2D eigenvalue weighted by atomic mass is 10.1. The molecule has 0 spiro atoms. The van der Waals surface area contributed by atoms with Gasteiger partial charge < -0.3 is 18.7 Å². The van der Waals surface area contributed by atoms with E-state index in [-0.39, 0.29) is 18.2 Å². The minimum Gasteiger partial charge on any atom is -0.493 e. The molecule has 0 bridgehead atoms. The number of carbonyl (C=O) groups is 2. The highest BCUT2D eigenvalue weighted by Gasteiger charge is 2.34. The van der Waals surface area contributed by atoms with Crippen molar-refractivity contribution in [2.45, 2.75) is 26.7 Å². The van der Waals surface area contributed by atoms with E-state index in [1.165, 1.54) is 31.3 Å². The fourth-order valence-corrected chi connectivity index (χ4v) is 3.50. The van der Waals surface area contributed by atoms with E-state index in [1.807, 2.05) is 0 Å². The Labute approximate surface area is 169 Å². The van der Waals surface area contributed by atoms with E-state index in [4.69, 9.17) is 18.7 Å². The molecule has 1 aromatic carbocycles. The van der Waals surface area contributed by atoms with Gasteiger partial charge in [-0.25, -0.2) is 5.01 Å². The number of rotatable bonds is 6. The Kier molecular flexibility index (Phi) is 5.95. The fourth-order valence-electron chi connectivity index (χ4n) is 3.50. The third-order valence-corrected chi connectivity index (χ3v) is 4.88. The first kappa shape index (κ1) is 20.5. The van der Waals surface area contributed by atoms with Gasteiger partial charge in [0.25, 0.3) is 5.91 Å². The van der Waals surface area contributed by atoms with Crippen LogP contribution in [0.4, 0.5) is 0 Å². The van der Waals surface area contributed by atoms with Crippen LogP contribution in [0, 0.1) is 13.8 Å². The van der Waals surface area contributed by atoms with Crippen LogP contribution >= 0.6 is 0 Å². The molecule has 1 aliphatic rings. The SMILES string of the molecule is COc1cc(CC(=O)N2CCCN2C(=O)c2c(C)noc2C)cc(OC)c1OC. The number of methoxy groups -OCH3 is 3. The summed E-state index contributed by atoms with van der Waals surface area (Å²) in [6, 6.07) is 3.46. The largest absolute Gasteiger partial charge is 0.493 e. The molecule has 1 aromatic heterocycles. The zero-order valence-corrected chi connectivity index (χ0v) is 17.3. The van der Waals surface area contributed by atoms with Crippen LogP contribution in [0.25, 0.3) is 0 Å². The summed E-state index contributed by atoms with van der Waals surface area (Å²) in [6.45, 7) is 4.33. The number of benzene rings is 1. The van der Waals surface area contributed by atoms with Crippen LogP contribution in [0.5, 0.6) is 17.2 Å². The molecule has 2 heterocycles. The van der Waals surface area contributed by atoms with Crippen molar-refractivity contribution in [1.82, 2.24) is 15.2 Å². The predicted molar refractivity (Wildman–Crippen MR) is 103 cm³/mol. The molecule has 9 nitrogen and oxygen atoms in total. The van der Waals surface area contributed by atoms with E-state index >= 15 is 0 Å². The van der Waals surface area contributed by atoms with Crippen molar-refractivity contribution in [3.05, 3.63) is 34.7 Å². The molecular formula is C20H25N3O6. The zero-order chi connectivity index (χ0) is 21.1. The Hall–Kier alpha value is -3.23. The van der Waals surface area contributed by atoms with Gasteiger partial charge in [0.15, 0.2) is 11.5 Å². The summed E-state index contributed by atoms with van der Waals surface area (Å²) in [5.74, 6) is 1.37. The Morgan fingerprint density at radius 3 is 2.17 bits per heavy atom. The molecule has 29 heavy (non-hydrogen) atoms. The summed E-state index contributed by atoms with van der Waals surface area (Å²) >= 11 is 0. The maximum atomic E-state index is 13.0. The van der Waals surface area contributed by atoms with Crippen LogP contribution < -0.4 is 14.2 Å². The fraction of sp³-hybridized carbons (Fsp3) is 0.450. The number of ether oxygens (including phenoxy) is 3. The van der Waals surface area contributed by atoms with E-state index in [0.717, 1.165) is 0 Å². The van der Waals surface area contributed by atoms with Gasteiger partial charge in [0.05, 0.1) is 33.4 Å². The Morgan fingerprint density at radius 1 is 1.03 bits per heavy atom. The molecule has 0 aliphatic carbocycles. The molecule has 0 saturated carbocycles. The van der Waals surface area contributed by atoms with Crippen LogP contribution in [-0.2, 0) is 11.2 Å². The third-order valence-electron chi connectivity index (χ3n) is 4.88. The summed E-state index contributed by atoms with van der Waals surface area (Å²) in [7, 11) is 4.56. The van der Waals surface area contributed by atoms with Crippen LogP contribution in [-0.4, -0.2) is 61.4 Å². The Morgan fingerprint density at radius 2 is 1.66 bits per heavy atom. The van der Waals surface area contributed by atoms with Gasteiger partial charge in [0.2, 0.25) is 11.7 Å². The maximum Gasteiger partial charge on any atom is 0.277 e. The number of amides is 2. The lowest BCUT2D eigenvalue weighted by molar-refractivity contribution is -0.139. The maximum absolute atomic E-state index is 13.0. The van der Waals surface area contributed by atoms with Crippen molar-refractivity contribution in [2.75, 3.05) is 34.4 Å². The predicted octanol–water partition coefficient (Wildman–Crippen LogP) is 2.15. The van der Waals surface area contributed by atoms with Crippen LogP contribution in [0.3, 0.4) is 0 Å². The lowest BCUT2D eigenvalue weighted by Gasteiger charge is -2.28. The first-order valence-electron chi connectivity index (χ1n) is 9.25. The molecule has 2 aromatic rings. The van der Waals surface area contributed by atoms with Gasteiger partial charge in [-0.2, -0.15) is 0 Å². The molecule has 0 N–H and O–H groups in total. The minimum absolute atomic E-state index is 0.0854. The molecule has 3 rings (SSSR count). The molecule has 2 amide bonds. The highest BCUT2D eigenvalue weighted by Crippen LogP contribution is 2.38. The van der Waals surface area contributed by atoms with Crippen molar-refractivity contribution < 1.29 is 28.3 Å². The van der Waals surface area contributed by atoms with E-state index in [2.05, 4.69) is 5.16 Å². The van der Waals surface area contributed by atoms with Crippen molar-refractivity contribution >= 4 is 11.8 Å². The number of hydrogen-bond acceptors (Lipinski definition) is 7. The normalized spacial score (nSPS) is 13.6. The van der Waals surface area contributed by atoms with Gasteiger partial charge in [-0.05, 0) is 38.0 Å². The number of nitrogens with zero attached hydrogens (tertiary/aromatic N) is 3. The summed E-state index contributed by atoms with van der Waals surface area (Å²) < 4.78 is 21.1. The van der Waals surface area contributed by atoms with Gasteiger partial charge in [0, 0.05) is 13.1 Å². The van der Waals surface area contributed by atoms with Crippen molar-refractivity contribution in [2.24, 2.45) is 0 Å². The van der Waals surface area contributed by atoms with Crippen molar-refractivity contribution in [1.29, 1.82) is 0 Å². The topological polar surface area (TPSA) is 94.3 Å². The molecule has 0 unspecified atom stereocenters. The number of hydrazine groups is 1. The summed E-state index contributed by atoms with van der Waals surface area (Å²) in [6.07, 6.45) is 0.790. The highest BCUT2D eigenvalue weighted by molar-refractivity contribution is 5.97. The molecule has 0 radical (unpaired) electrons. The molecule has 1 fully saturated rings. The first-order chi connectivity index (χ1) is 13.9. The standard InChI is InChI=1S/C20H25N3O6/c1-12-18(13(2)29-21-12)20(25)23-8-6-7-22(23)17(24)11-14-9-15(26-3)19(28-5)16(10-14)27-4/h9-10H,6-8,11H2,1-5H3. The molecular weight excluding hydrogens is 378 g/mol. The van der Waals surface area contributed by atoms with Gasteiger partial charge in [0.1, 0.15) is 11.3 Å². The second kappa shape index (κ2) is 8.42. The highest BCUT2D eigenvalue weighted by atomic mass is 16.5. The van der Waals surface area contributed by atoms with E-state index in [0.29, 0.717) is 59.3 Å². The molecule has 0 atom stereocenters. The van der Waals surface area contributed by atoms with Crippen molar-refractivity contribution in [3.63, 3.8) is 0 Å². The lowest BCUT2D eigenvalue weighted by Crippen LogP contribution is -2.45. The number of aromatic nitrogens is 1. The second-order valence-electron chi connectivity index (χ2n) is 6.71. The van der Waals surface area contributed by atoms with Crippen LogP contribution in [0.15, 0.2) is 16.7 Å². The van der Waals surface area contributed by atoms with E-state index < -0.39 is 0 Å². The number of carbonyl (C=O) groups excluding carboxylic acids is 2. The van der Waals surface area contributed by atoms with Gasteiger partial charge in [-0.1, -0.05) is 5.16 Å². The van der Waals surface area contributed by atoms with E-state index in [9.17, 15) is 9.59 Å². The van der Waals surface area contributed by atoms with Crippen LogP contribution in [0.1, 0.15) is 33.8 Å². The second-order valence-corrected chi connectivity index (χ2v) is 6.71. The minimum atomic E-state index is -0.281. The average molecular weight is 403 g/mol. The monoisotopic (exact) mass is 403 g/mol. The third kappa shape index (κ3) is 3.85. The molecule has 1 saturated heterocycles. The van der Waals surface area contributed by atoms with Crippen molar-refractivity contribution in [3.8, 4) is 17.2 Å². The quantitative estimate of drug-likeness (QED) is 0.729. The molecule has 1 aliphatic heterocycles. The van der Waals surface area contributed by atoms with E-state index in [1.54, 1.807) is 26.0 Å². The summed E-state index contributed by atoms with van der Waals surface area (Å²) in [5.41, 5.74) is 1.61. The van der Waals surface area contributed by atoms with Gasteiger partial charge in [-0.15, -0.1) is 0 Å². The smallest absolute Gasteiger partial charge is 0.277 e. The summed E-state index contributed by atoms with van der Waals surface area (Å²) in [5, 5.41) is 6.78. The Bertz CT molecular complexity index is 878. The van der Waals surface area contributed by atoms with Gasteiger partial charge >= 0.3 is 0 Å².